The Kier molecular flexibility index (Phi) is 3.76. The van der Waals surface area contributed by atoms with Crippen LogP contribution in [-0.4, -0.2) is 25.8 Å². The number of sulfonamides is 1. The average Bonchev–Trinajstić information content (AvgIpc) is 2.47. The van der Waals surface area contributed by atoms with Crippen molar-refractivity contribution in [1.29, 1.82) is 0 Å². The number of hydrogen-bond donors (Lipinski definition) is 0. The van der Waals surface area contributed by atoms with Crippen LogP contribution in [0.15, 0.2) is 41.3 Å². The molecule has 0 bridgehead atoms. The lowest BCUT2D eigenvalue weighted by Gasteiger charge is -2.29. The third-order valence-electron chi connectivity index (χ3n) is 4.35. The summed E-state index contributed by atoms with van der Waals surface area (Å²) in [5.74, 6) is 0.621. The van der Waals surface area contributed by atoms with Crippen molar-refractivity contribution in [1.82, 2.24) is 4.31 Å². The minimum atomic E-state index is -3.35. The minimum absolute atomic E-state index is 0.411. The second-order valence-electron chi connectivity index (χ2n) is 6.10. The summed E-state index contributed by atoms with van der Waals surface area (Å²) in [5, 5.41) is 2.06. The van der Waals surface area contributed by atoms with Gasteiger partial charge in [-0.3, -0.25) is 0 Å². The van der Waals surface area contributed by atoms with Crippen molar-refractivity contribution < 1.29 is 8.42 Å². The molecular weight excluding hydrogens is 282 g/mol. The predicted octanol–water partition coefficient (Wildman–Crippen LogP) is 3.57. The topological polar surface area (TPSA) is 37.4 Å². The Morgan fingerprint density at radius 3 is 2.33 bits per heavy atom. The van der Waals surface area contributed by atoms with Gasteiger partial charge < -0.3 is 0 Å². The van der Waals surface area contributed by atoms with Crippen molar-refractivity contribution in [3.63, 3.8) is 0 Å². The average molecular weight is 303 g/mol. The molecule has 21 heavy (non-hydrogen) atoms. The molecule has 0 aromatic heterocycles. The van der Waals surface area contributed by atoms with Gasteiger partial charge in [-0.05, 0) is 48.6 Å². The standard InChI is InChI=1S/C17H21NO2S/c1-13-7-9-18(10-8-13)21(19,20)17-6-5-15-11-14(2)3-4-16(15)12-17/h3-6,11-13H,7-10H2,1-2H3. The third-order valence-corrected chi connectivity index (χ3v) is 6.24. The summed E-state index contributed by atoms with van der Waals surface area (Å²) in [6.45, 7) is 5.49. The summed E-state index contributed by atoms with van der Waals surface area (Å²) in [6.07, 6.45) is 1.90. The van der Waals surface area contributed by atoms with E-state index in [1.807, 2.05) is 25.1 Å². The van der Waals surface area contributed by atoms with Gasteiger partial charge in [-0.2, -0.15) is 4.31 Å². The van der Waals surface area contributed by atoms with E-state index >= 15 is 0 Å². The number of aryl methyl sites for hydroxylation is 1. The van der Waals surface area contributed by atoms with Crippen molar-refractivity contribution in [2.24, 2.45) is 5.92 Å². The number of nitrogens with zero attached hydrogens (tertiary/aromatic N) is 1. The number of benzene rings is 2. The number of piperidine rings is 1. The maximum atomic E-state index is 12.7. The van der Waals surface area contributed by atoms with Crippen LogP contribution in [0, 0.1) is 12.8 Å². The second kappa shape index (κ2) is 5.43. The molecule has 0 aliphatic carbocycles. The van der Waals surface area contributed by atoms with Gasteiger partial charge in [0.15, 0.2) is 0 Å². The molecule has 1 saturated heterocycles. The maximum absolute atomic E-state index is 12.7. The Morgan fingerprint density at radius 2 is 1.62 bits per heavy atom. The van der Waals surface area contributed by atoms with Crippen LogP contribution in [0.5, 0.6) is 0 Å². The SMILES string of the molecule is Cc1ccc2cc(S(=O)(=O)N3CCC(C)CC3)ccc2c1. The van der Waals surface area contributed by atoms with E-state index in [-0.39, 0.29) is 0 Å². The Morgan fingerprint density at radius 1 is 1.00 bits per heavy atom. The smallest absolute Gasteiger partial charge is 0.207 e. The van der Waals surface area contributed by atoms with Gasteiger partial charge in [0, 0.05) is 13.1 Å². The molecule has 1 aliphatic heterocycles. The van der Waals surface area contributed by atoms with Gasteiger partial charge in [-0.25, -0.2) is 8.42 Å². The Labute approximate surface area is 126 Å². The van der Waals surface area contributed by atoms with E-state index < -0.39 is 10.0 Å². The first-order chi connectivity index (χ1) is 9.96. The highest BCUT2D eigenvalue weighted by atomic mass is 32.2. The summed E-state index contributed by atoms with van der Waals surface area (Å²) in [6, 6.07) is 11.5. The zero-order valence-electron chi connectivity index (χ0n) is 12.5. The molecule has 4 heteroatoms. The molecule has 1 heterocycles. The van der Waals surface area contributed by atoms with E-state index in [0.717, 1.165) is 23.6 Å². The fourth-order valence-electron chi connectivity index (χ4n) is 2.88. The van der Waals surface area contributed by atoms with Gasteiger partial charge >= 0.3 is 0 Å². The molecule has 112 valence electrons. The molecule has 0 atom stereocenters. The van der Waals surface area contributed by atoms with Crippen LogP contribution in [0.1, 0.15) is 25.3 Å². The molecule has 2 aromatic rings. The first-order valence-electron chi connectivity index (χ1n) is 7.47. The molecule has 0 N–H and O–H groups in total. The fraction of sp³-hybridized carbons (Fsp3) is 0.412. The quantitative estimate of drug-likeness (QED) is 0.850. The summed E-state index contributed by atoms with van der Waals surface area (Å²) in [5.41, 5.74) is 1.18. The highest BCUT2D eigenvalue weighted by Crippen LogP contribution is 2.26. The van der Waals surface area contributed by atoms with E-state index in [4.69, 9.17) is 0 Å². The van der Waals surface area contributed by atoms with Crippen LogP contribution in [0.3, 0.4) is 0 Å². The predicted molar refractivity (Wildman–Crippen MR) is 85.8 cm³/mol. The van der Waals surface area contributed by atoms with Gasteiger partial charge in [0.25, 0.3) is 0 Å². The lowest BCUT2D eigenvalue weighted by Crippen LogP contribution is -2.37. The van der Waals surface area contributed by atoms with Crippen molar-refractivity contribution in [3.05, 3.63) is 42.0 Å². The van der Waals surface area contributed by atoms with Crippen molar-refractivity contribution in [2.75, 3.05) is 13.1 Å². The van der Waals surface area contributed by atoms with Crippen molar-refractivity contribution >= 4 is 20.8 Å². The number of rotatable bonds is 2. The molecule has 1 fully saturated rings. The largest absolute Gasteiger partial charge is 0.243 e. The van der Waals surface area contributed by atoms with Crippen LogP contribution in [0.4, 0.5) is 0 Å². The van der Waals surface area contributed by atoms with Crippen molar-refractivity contribution in [2.45, 2.75) is 31.6 Å². The summed E-state index contributed by atoms with van der Waals surface area (Å²) < 4.78 is 27.1. The monoisotopic (exact) mass is 303 g/mol. The van der Waals surface area contributed by atoms with Crippen molar-refractivity contribution in [3.8, 4) is 0 Å². The van der Waals surface area contributed by atoms with Gasteiger partial charge in [0.1, 0.15) is 0 Å². The van der Waals surface area contributed by atoms with Crippen LogP contribution >= 0.6 is 0 Å². The molecule has 0 saturated carbocycles. The normalized spacial score (nSPS) is 18.2. The van der Waals surface area contributed by atoms with Gasteiger partial charge in [-0.1, -0.05) is 36.8 Å². The van der Waals surface area contributed by atoms with E-state index in [0.29, 0.717) is 23.9 Å². The van der Waals surface area contributed by atoms with Crippen LogP contribution in [0.2, 0.25) is 0 Å². The van der Waals surface area contributed by atoms with Crippen LogP contribution in [-0.2, 0) is 10.0 Å². The van der Waals surface area contributed by atoms with Gasteiger partial charge in [0.05, 0.1) is 4.90 Å². The molecule has 3 rings (SSSR count). The third kappa shape index (κ3) is 2.83. The van der Waals surface area contributed by atoms with Gasteiger partial charge in [-0.15, -0.1) is 0 Å². The maximum Gasteiger partial charge on any atom is 0.243 e. The molecule has 2 aromatic carbocycles. The minimum Gasteiger partial charge on any atom is -0.207 e. The van der Waals surface area contributed by atoms with E-state index in [9.17, 15) is 8.42 Å². The zero-order valence-corrected chi connectivity index (χ0v) is 13.4. The summed E-state index contributed by atoms with van der Waals surface area (Å²) in [4.78, 5) is 0.411. The molecule has 0 radical (unpaired) electrons. The van der Waals surface area contributed by atoms with E-state index in [2.05, 4.69) is 13.0 Å². The summed E-state index contributed by atoms with van der Waals surface area (Å²) in [7, 11) is -3.35. The molecule has 0 spiro atoms. The number of hydrogen-bond acceptors (Lipinski definition) is 2. The van der Waals surface area contributed by atoms with E-state index in [1.54, 1.807) is 16.4 Å². The molecule has 0 unspecified atom stereocenters. The highest BCUT2D eigenvalue weighted by Gasteiger charge is 2.28. The summed E-state index contributed by atoms with van der Waals surface area (Å²) >= 11 is 0. The molecule has 1 aliphatic rings. The lowest BCUT2D eigenvalue weighted by atomic mass is 10.0. The van der Waals surface area contributed by atoms with Gasteiger partial charge in [0.2, 0.25) is 10.0 Å². The lowest BCUT2D eigenvalue weighted by molar-refractivity contribution is 0.288. The first kappa shape index (κ1) is 14.5. The Hall–Kier alpha value is -1.39. The zero-order chi connectivity index (χ0) is 15.0. The molecule has 0 amide bonds. The van der Waals surface area contributed by atoms with Crippen LogP contribution in [0.25, 0.3) is 10.8 Å². The Balaban J connectivity index is 1.97. The first-order valence-corrected chi connectivity index (χ1v) is 8.91. The Bertz CT molecular complexity index is 759. The molecular formula is C17H21NO2S. The number of fused-ring (bicyclic) bond motifs is 1. The highest BCUT2D eigenvalue weighted by molar-refractivity contribution is 7.89. The second-order valence-corrected chi connectivity index (χ2v) is 8.04. The fourth-order valence-corrected chi connectivity index (χ4v) is 4.38. The van der Waals surface area contributed by atoms with E-state index in [1.165, 1.54) is 5.56 Å². The van der Waals surface area contributed by atoms with Crippen LogP contribution < -0.4 is 0 Å². The molecule has 3 nitrogen and oxygen atoms in total.